The van der Waals surface area contributed by atoms with Gasteiger partial charge in [-0.1, -0.05) is 36.8 Å². The number of hydrogen-bond acceptors (Lipinski definition) is 5. The number of amides is 1. The number of aryl methyl sites for hydroxylation is 1. The van der Waals surface area contributed by atoms with E-state index in [1.807, 2.05) is 59.0 Å². The molecule has 0 bridgehead atoms. The molecule has 1 amide bonds. The van der Waals surface area contributed by atoms with Gasteiger partial charge in [0.2, 0.25) is 5.91 Å². The number of likely N-dealkylation sites (tertiary alicyclic amines) is 1. The van der Waals surface area contributed by atoms with Crippen LogP contribution < -0.4 is 14.4 Å². The van der Waals surface area contributed by atoms with Crippen molar-refractivity contribution in [2.45, 2.75) is 57.1 Å². The van der Waals surface area contributed by atoms with Gasteiger partial charge in [0.1, 0.15) is 17.6 Å². The van der Waals surface area contributed by atoms with Crippen LogP contribution in [0.25, 0.3) is 16.9 Å². The summed E-state index contributed by atoms with van der Waals surface area (Å²) in [6.45, 7) is 4.54. The predicted molar refractivity (Wildman–Crippen MR) is 165 cm³/mol. The van der Waals surface area contributed by atoms with Crippen LogP contribution in [0.4, 0.5) is 5.69 Å². The van der Waals surface area contributed by atoms with E-state index in [1.54, 1.807) is 7.11 Å². The first-order chi connectivity index (χ1) is 20.4. The summed E-state index contributed by atoms with van der Waals surface area (Å²) >= 11 is 0. The molecule has 42 heavy (non-hydrogen) atoms. The van der Waals surface area contributed by atoms with E-state index < -0.39 is 5.41 Å². The van der Waals surface area contributed by atoms with Gasteiger partial charge in [-0.3, -0.25) is 4.79 Å². The number of ether oxygens (including phenoxy) is 2. The predicted octanol–water partition coefficient (Wildman–Crippen LogP) is 6.30. The minimum absolute atomic E-state index is 0.109. The van der Waals surface area contributed by atoms with E-state index in [4.69, 9.17) is 14.6 Å². The molecule has 2 aliphatic heterocycles. The Hall–Kier alpha value is -4.10. The molecule has 0 unspecified atom stereocenters. The average Bonchev–Trinajstić information content (AvgIpc) is 3.50. The summed E-state index contributed by atoms with van der Waals surface area (Å²) < 4.78 is 14.3. The van der Waals surface area contributed by atoms with Crippen molar-refractivity contribution in [3.8, 4) is 28.4 Å². The highest BCUT2D eigenvalue weighted by Crippen LogP contribution is 2.57. The fourth-order valence-electron chi connectivity index (χ4n) is 6.80. The summed E-state index contributed by atoms with van der Waals surface area (Å²) in [5.41, 5.74) is 6.62. The number of benzene rings is 3. The zero-order valence-electron chi connectivity index (χ0n) is 24.7. The van der Waals surface area contributed by atoms with Crippen LogP contribution in [0.5, 0.6) is 11.5 Å². The van der Waals surface area contributed by atoms with Gasteiger partial charge in [-0.25, -0.2) is 4.68 Å². The molecule has 1 saturated carbocycles. The molecule has 7 rings (SSSR count). The smallest absolute Gasteiger partial charge is 0.238 e. The van der Waals surface area contributed by atoms with Crippen molar-refractivity contribution in [2.75, 3.05) is 32.1 Å². The number of methoxy groups -OCH3 is 1. The lowest BCUT2D eigenvalue weighted by molar-refractivity contribution is -0.126. The van der Waals surface area contributed by atoms with E-state index in [0.29, 0.717) is 6.54 Å². The van der Waals surface area contributed by atoms with Crippen LogP contribution in [0.15, 0.2) is 72.8 Å². The van der Waals surface area contributed by atoms with Gasteiger partial charge in [0.25, 0.3) is 0 Å². The zero-order chi connectivity index (χ0) is 28.8. The molecule has 0 radical (unpaired) electrons. The summed E-state index contributed by atoms with van der Waals surface area (Å²) in [7, 11) is 3.84. The SMILES string of the molecule is COc1ccc(CN2C(=O)C3(CCC3)c3cc(-c4cc(C)nn4-c4ccccc4)cc(OC4CCN(C)CC4)c32)cc1. The van der Waals surface area contributed by atoms with Crippen molar-refractivity contribution < 1.29 is 14.3 Å². The van der Waals surface area contributed by atoms with Gasteiger partial charge in [0, 0.05) is 18.7 Å². The Morgan fingerprint density at radius 3 is 2.38 bits per heavy atom. The summed E-state index contributed by atoms with van der Waals surface area (Å²) in [5.74, 6) is 1.81. The first kappa shape index (κ1) is 26.8. The molecule has 7 heteroatoms. The summed E-state index contributed by atoms with van der Waals surface area (Å²) in [6, 6.07) is 24.8. The minimum Gasteiger partial charge on any atom is -0.497 e. The molecule has 7 nitrogen and oxygen atoms in total. The number of aromatic nitrogens is 2. The largest absolute Gasteiger partial charge is 0.497 e. The summed E-state index contributed by atoms with van der Waals surface area (Å²) in [5, 5.41) is 4.86. The second-order valence-electron chi connectivity index (χ2n) is 12.1. The van der Waals surface area contributed by atoms with Crippen molar-refractivity contribution >= 4 is 11.6 Å². The molecule has 0 atom stereocenters. The molecule has 0 N–H and O–H groups in total. The second-order valence-corrected chi connectivity index (χ2v) is 12.1. The number of fused-ring (bicyclic) bond motifs is 2. The third-order valence-corrected chi connectivity index (χ3v) is 9.31. The molecule has 1 saturated heterocycles. The quantitative estimate of drug-likeness (QED) is 0.265. The minimum atomic E-state index is -0.491. The van der Waals surface area contributed by atoms with E-state index in [-0.39, 0.29) is 12.0 Å². The van der Waals surface area contributed by atoms with Gasteiger partial charge in [-0.15, -0.1) is 0 Å². The van der Waals surface area contributed by atoms with Crippen LogP contribution in [-0.4, -0.2) is 53.9 Å². The lowest BCUT2D eigenvalue weighted by Gasteiger charge is -2.37. The Balaban J connectivity index is 1.37. The second kappa shape index (κ2) is 10.6. The number of nitrogens with zero attached hydrogens (tertiary/aromatic N) is 4. The van der Waals surface area contributed by atoms with Gasteiger partial charge in [-0.05, 0) is 93.2 Å². The Morgan fingerprint density at radius 2 is 1.71 bits per heavy atom. The number of para-hydroxylation sites is 1. The van der Waals surface area contributed by atoms with E-state index >= 15 is 0 Å². The Bertz CT molecular complexity index is 1600. The van der Waals surface area contributed by atoms with Gasteiger partial charge >= 0.3 is 0 Å². The highest BCUT2D eigenvalue weighted by atomic mass is 16.5. The van der Waals surface area contributed by atoms with Crippen LogP contribution in [0.1, 0.15) is 48.9 Å². The molecule has 1 aliphatic carbocycles. The van der Waals surface area contributed by atoms with Gasteiger partial charge in [-0.2, -0.15) is 5.10 Å². The van der Waals surface area contributed by atoms with Crippen LogP contribution in [-0.2, 0) is 16.8 Å². The number of carbonyl (C=O) groups excluding carboxylic acids is 1. The van der Waals surface area contributed by atoms with Gasteiger partial charge in [0.15, 0.2) is 0 Å². The van der Waals surface area contributed by atoms with Crippen molar-refractivity contribution in [3.63, 3.8) is 0 Å². The van der Waals surface area contributed by atoms with Crippen molar-refractivity contribution in [2.24, 2.45) is 0 Å². The first-order valence-electron chi connectivity index (χ1n) is 15.1. The van der Waals surface area contributed by atoms with Gasteiger partial charge in [0.05, 0.1) is 41.8 Å². The molecule has 3 heterocycles. The average molecular weight is 563 g/mol. The topological polar surface area (TPSA) is 59.8 Å². The Kier molecular flexibility index (Phi) is 6.77. The molecule has 3 aromatic carbocycles. The van der Waals surface area contributed by atoms with Gasteiger partial charge < -0.3 is 19.3 Å². The maximum absolute atomic E-state index is 14.3. The van der Waals surface area contributed by atoms with Crippen molar-refractivity contribution in [1.82, 2.24) is 14.7 Å². The molecule has 2 fully saturated rings. The molecule has 216 valence electrons. The van der Waals surface area contributed by atoms with Crippen molar-refractivity contribution in [3.05, 3.63) is 89.6 Å². The first-order valence-corrected chi connectivity index (χ1v) is 15.1. The number of piperidine rings is 1. The molecule has 1 aromatic heterocycles. The molecular weight excluding hydrogens is 524 g/mol. The summed E-state index contributed by atoms with van der Waals surface area (Å²) in [4.78, 5) is 18.7. The molecule has 3 aliphatic rings. The van der Waals surface area contributed by atoms with Crippen LogP contribution in [0.3, 0.4) is 0 Å². The highest BCUT2D eigenvalue weighted by Gasteiger charge is 2.55. The zero-order valence-corrected chi connectivity index (χ0v) is 24.7. The van der Waals surface area contributed by atoms with E-state index in [9.17, 15) is 4.79 Å². The maximum Gasteiger partial charge on any atom is 0.238 e. The fourth-order valence-corrected chi connectivity index (χ4v) is 6.80. The van der Waals surface area contributed by atoms with Crippen molar-refractivity contribution in [1.29, 1.82) is 0 Å². The van der Waals surface area contributed by atoms with E-state index in [0.717, 1.165) is 96.1 Å². The molecule has 4 aromatic rings. The fraction of sp³-hybridized carbons (Fsp3) is 0.371. The number of anilines is 1. The monoisotopic (exact) mass is 562 g/mol. The number of hydrogen-bond donors (Lipinski definition) is 0. The van der Waals surface area contributed by atoms with E-state index in [1.165, 1.54) is 0 Å². The van der Waals surface area contributed by atoms with Crippen LogP contribution in [0, 0.1) is 6.92 Å². The summed E-state index contributed by atoms with van der Waals surface area (Å²) in [6.07, 6.45) is 4.83. The lowest BCUT2D eigenvalue weighted by Crippen LogP contribution is -2.44. The number of rotatable bonds is 7. The van der Waals surface area contributed by atoms with Crippen LogP contribution in [0.2, 0.25) is 0 Å². The maximum atomic E-state index is 14.3. The molecule has 1 spiro atoms. The van der Waals surface area contributed by atoms with E-state index in [2.05, 4.69) is 42.3 Å². The standard InChI is InChI=1S/C35H38N4O3/c1-24-20-31(39(36-24)27-8-5-4-6-9-27)26-21-30-33(32(22-26)42-29-14-18-37(2)19-15-29)38(34(40)35(30)16-7-17-35)23-25-10-12-28(41-3)13-11-25/h4-6,8-13,20-22,29H,7,14-19,23H2,1-3H3. The van der Waals surface area contributed by atoms with Crippen LogP contribution >= 0.6 is 0 Å². The normalized spacial score (nSPS) is 18.3. The third kappa shape index (κ3) is 4.56. The Morgan fingerprint density at radius 1 is 0.976 bits per heavy atom. The molecular formula is C35H38N4O3. The lowest BCUT2D eigenvalue weighted by atomic mass is 9.65. The highest BCUT2D eigenvalue weighted by molar-refractivity contribution is 6.10. The third-order valence-electron chi connectivity index (χ3n) is 9.31. The Labute approximate surface area is 247 Å². The number of carbonyl (C=O) groups is 1.